The van der Waals surface area contributed by atoms with Crippen LogP contribution in [0.1, 0.15) is 26.2 Å². The number of nitrogens with two attached hydrogens (primary N) is 1. The van der Waals surface area contributed by atoms with Crippen molar-refractivity contribution in [3.8, 4) is 0 Å². The molecule has 1 fully saturated rings. The molecule has 0 amide bonds. The van der Waals surface area contributed by atoms with Gasteiger partial charge < -0.3 is 10.7 Å². The standard InChI is InChI=1S/C13H17N3O2S/c1-13(5-2-6-13)16-19(17,18)12-8-15-11-7-9(14)3-4-10(11)12/h3-4,7-8,15-16H,2,5-6,14H2,1H3. The van der Waals surface area contributed by atoms with Gasteiger partial charge in [0.25, 0.3) is 0 Å². The van der Waals surface area contributed by atoms with Gasteiger partial charge in [0.1, 0.15) is 4.90 Å². The molecular formula is C13H17N3O2S. The first-order valence-electron chi connectivity index (χ1n) is 6.30. The molecule has 0 unspecified atom stereocenters. The van der Waals surface area contributed by atoms with Crippen LogP contribution in [-0.2, 0) is 10.0 Å². The maximum absolute atomic E-state index is 12.4. The number of nitrogens with one attached hydrogen (secondary N) is 2. The summed E-state index contributed by atoms with van der Waals surface area (Å²) >= 11 is 0. The van der Waals surface area contributed by atoms with Crippen molar-refractivity contribution in [2.75, 3.05) is 5.73 Å². The fourth-order valence-corrected chi connectivity index (χ4v) is 4.17. The average Bonchev–Trinajstić information content (AvgIpc) is 2.69. The number of nitrogen functional groups attached to an aromatic ring is 1. The van der Waals surface area contributed by atoms with Crippen LogP contribution in [0.4, 0.5) is 5.69 Å². The monoisotopic (exact) mass is 279 g/mol. The van der Waals surface area contributed by atoms with Gasteiger partial charge in [-0.15, -0.1) is 0 Å². The van der Waals surface area contributed by atoms with E-state index in [1.54, 1.807) is 18.2 Å². The Morgan fingerprint density at radius 3 is 2.74 bits per heavy atom. The molecule has 1 aromatic carbocycles. The molecule has 0 aliphatic heterocycles. The zero-order chi connectivity index (χ0) is 13.7. The first kappa shape index (κ1) is 12.5. The van der Waals surface area contributed by atoms with Crippen molar-refractivity contribution in [2.45, 2.75) is 36.6 Å². The van der Waals surface area contributed by atoms with E-state index in [1.807, 2.05) is 6.92 Å². The van der Waals surface area contributed by atoms with E-state index in [2.05, 4.69) is 9.71 Å². The fraction of sp³-hybridized carbons (Fsp3) is 0.385. The average molecular weight is 279 g/mol. The molecule has 5 nitrogen and oxygen atoms in total. The van der Waals surface area contributed by atoms with Crippen molar-refractivity contribution in [2.24, 2.45) is 0 Å². The molecule has 1 aliphatic carbocycles. The molecule has 1 saturated carbocycles. The molecule has 0 radical (unpaired) electrons. The summed E-state index contributed by atoms with van der Waals surface area (Å²) in [6.45, 7) is 1.95. The van der Waals surface area contributed by atoms with E-state index >= 15 is 0 Å². The number of aromatic amines is 1. The highest BCUT2D eigenvalue weighted by Crippen LogP contribution is 2.33. The predicted molar refractivity (Wildman–Crippen MR) is 75.3 cm³/mol. The third-order valence-electron chi connectivity index (χ3n) is 3.80. The highest BCUT2D eigenvalue weighted by molar-refractivity contribution is 7.89. The van der Waals surface area contributed by atoms with Crippen LogP contribution in [0, 0.1) is 0 Å². The van der Waals surface area contributed by atoms with Crippen LogP contribution in [0.2, 0.25) is 0 Å². The highest BCUT2D eigenvalue weighted by atomic mass is 32.2. The smallest absolute Gasteiger partial charge is 0.243 e. The lowest BCUT2D eigenvalue weighted by atomic mass is 9.80. The van der Waals surface area contributed by atoms with Crippen LogP contribution in [0.15, 0.2) is 29.3 Å². The van der Waals surface area contributed by atoms with Crippen LogP contribution in [0.5, 0.6) is 0 Å². The molecule has 0 bridgehead atoms. The molecule has 2 aromatic rings. The quantitative estimate of drug-likeness (QED) is 0.751. The summed E-state index contributed by atoms with van der Waals surface area (Å²) in [5.74, 6) is 0. The predicted octanol–water partition coefficient (Wildman–Crippen LogP) is 1.97. The summed E-state index contributed by atoms with van der Waals surface area (Å²) in [6, 6.07) is 5.18. The van der Waals surface area contributed by atoms with E-state index in [0.717, 1.165) is 24.8 Å². The zero-order valence-corrected chi connectivity index (χ0v) is 11.5. The normalized spacial score (nSPS) is 18.4. The maximum Gasteiger partial charge on any atom is 0.243 e. The SMILES string of the molecule is CC1(NS(=O)(=O)c2c[nH]c3cc(N)ccc23)CCC1. The molecule has 0 spiro atoms. The number of hydrogen-bond donors (Lipinski definition) is 3. The number of H-pyrrole nitrogens is 1. The number of aromatic nitrogens is 1. The van der Waals surface area contributed by atoms with Gasteiger partial charge in [-0.25, -0.2) is 13.1 Å². The van der Waals surface area contributed by atoms with E-state index in [-0.39, 0.29) is 10.4 Å². The molecule has 3 rings (SSSR count). The lowest BCUT2D eigenvalue weighted by Gasteiger charge is -2.38. The minimum Gasteiger partial charge on any atom is -0.399 e. The van der Waals surface area contributed by atoms with E-state index < -0.39 is 10.0 Å². The number of anilines is 1. The number of fused-ring (bicyclic) bond motifs is 1. The Bertz CT molecular complexity index is 729. The van der Waals surface area contributed by atoms with Gasteiger partial charge in [-0.05, 0) is 44.4 Å². The largest absolute Gasteiger partial charge is 0.399 e. The van der Waals surface area contributed by atoms with E-state index in [4.69, 9.17) is 5.73 Å². The molecule has 1 aliphatic rings. The molecule has 1 aromatic heterocycles. The second-order valence-corrected chi connectivity index (χ2v) is 7.13. The van der Waals surface area contributed by atoms with Gasteiger partial charge >= 0.3 is 0 Å². The van der Waals surface area contributed by atoms with Crippen LogP contribution in [0.25, 0.3) is 10.9 Å². The van der Waals surface area contributed by atoms with Gasteiger partial charge in [0.2, 0.25) is 10.0 Å². The van der Waals surface area contributed by atoms with Crippen LogP contribution in [-0.4, -0.2) is 18.9 Å². The van der Waals surface area contributed by atoms with Crippen molar-refractivity contribution < 1.29 is 8.42 Å². The fourth-order valence-electron chi connectivity index (χ4n) is 2.53. The first-order chi connectivity index (χ1) is 8.90. The minimum absolute atomic E-state index is 0.288. The molecule has 4 N–H and O–H groups in total. The van der Waals surface area contributed by atoms with Gasteiger partial charge in [-0.3, -0.25) is 0 Å². The van der Waals surface area contributed by atoms with Gasteiger partial charge in [0.05, 0.1) is 0 Å². The Labute approximate surface area is 112 Å². The Kier molecular flexibility index (Phi) is 2.62. The second-order valence-electron chi connectivity index (χ2n) is 5.48. The molecule has 102 valence electrons. The Morgan fingerprint density at radius 2 is 2.11 bits per heavy atom. The summed E-state index contributed by atoms with van der Waals surface area (Å²) in [5, 5.41) is 0.671. The summed E-state index contributed by atoms with van der Waals surface area (Å²) in [6.07, 6.45) is 4.38. The van der Waals surface area contributed by atoms with E-state index in [0.29, 0.717) is 11.1 Å². The van der Waals surface area contributed by atoms with Crippen molar-refractivity contribution in [3.63, 3.8) is 0 Å². The first-order valence-corrected chi connectivity index (χ1v) is 7.79. The summed E-state index contributed by atoms with van der Waals surface area (Å²) in [7, 11) is -3.50. The number of rotatable bonds is 3. The van der Waals surface area contributed by atoms with Gasteiger partial charge in [0.15, 0.2) is 0 Å². The Hall–Kier alpha value is -1.53. The summed E-state index contributed by atoms with van der Waals surface area (Å²) in [5.41, 5.74) is 6.74. The van der Waals surface area contributed by atoms with Crippen LogP contribution < -0.4 is 10.5 Å². The topological polar surface area (TPSA) is 88.0 Å². The molecule has 19 heavy (non-hydrogen) atoms. The third-order valence-corrected chi connectivity index (χ3v) is 5.47. The Morgan fingerprint density at radius 1 is 1.37 bits per heavy atom. The molecular weight excluding hydrogens is 262 g/mol. The van der Waals surface area contributed by atoms with Crippen molar-refractivity contribution in [1.82, 2.24) is 9.71 Å². The minimum atomic E-state index is -3.50. The van der Waals surface area contributed by atoms with E-state index in [9.17, 15) is 8.42 Å². The van der Waals surface area contributed by atoms with Gasteiger partial charge in [0, 0.05) is 28.3 Å². The number of benzene rings is 1. The molecule has 1 heterocycles. The van der Waals surface area contributed by atoms with Crippen molar-refractivity contribution in [3.05, 3.63) is 24.4 Å². The molecule has 0 atom stereocenters. The van der Waals surface area contributed by atoms with Gasteiger partial charge in [-0.2, -0.15) is 0 Å². The Balaban J connectivity index is 2.03. The second kappa shape index (κ2) is 3.98. The van der Waals surface area contributed by atoms with E-state index in [1.165, 1.54) is 6.20 Å². The third kappa shape index (κ3) is 2.11. The number of sulfonamides is 1. The van der Waals surface area contributed by atoms with Crippen molar-refractivity contribution in [1.29, 1.82) is 0 Å². The summed E-state index contributed by atoms with van der Waals surface area (Å²) < 4.78 is 27.7. The highest BCUT2D eigenvalue weighted by Gasteiger charge is 2.36. The maximum atomic E-state index is 12.4. The lowest BCUT2D eigenvalue weighted by Crippen LogP contribution is -2.50. The summed E-state index contributed by atoms with van der Waals surface area (Å²) in [4.78, 5) is 3.25. The van der Waals surface area contributed by atoms with Crippen molar-refractivity contribution >= 4 is 26.6 Å². The van der Waals surface area contributed by atoms with Crippen LogP contribution >= 0.6 is 0 Å². The number of hydrogen-bond acceptors (Lipinski definition) is 3. The molecule has 0 saturated heterocycles. The van der Waals surface area contributed by atoms with Crippen LogP contribution in [0.3, 0.4) is 0 Å². The lowest BCUT2D eigenvalue weighted by molar-refractivity contribution is 0.248. The van der Waals surface area contributed by atoms with Gasteiger partial charge in [-0.1, -0.05) is 0 Å². The molecule has 6 heteroatoms. The zero-order valence-electron chi connectivity index (χ0n) is 10.7.